The van der Waals surface area contributed by atoms with Crippen LogP contribution in [-0.4, -0.2) is 53.2 Å². The number of fused-ring (bicyclic) bond motifs is 1. The van der Waals surface area contributed by atoms with Crippen molar-refractivity contribution in [1.82, 2.24) is 4.90 Å². The summed E-state index contributed by atoms with van der Waals surface area (Å²) >= 11 is 6.58. The average Bonchev–Trinajstić information content (AvgIpc) is 3.26. The Bertz CT molecular complexity index is 1240. The minimum Gasteiger partial charge on any atom is -0.382 e. The molecule has 0 aromatic heterocycles. The average molecular weight is 510 g/mol. The summed E-state index contributed by atoms with van der Waals surface area (Å²) in [6.07, 6.45) is 0.651. The van der Waals surface area contributed by atoms with Crippen LogP contribution in [0.25, 0.3) is 5.57 Å². The van der Waals surface area contributed by atoms with Gasteiger partial charge in [-0.05, 0) is 56.5 Å². The molecule has 7 nitrogen and oxygen atoms in total. The lowest BCUT2D eigenvalue weighted by atomic mass is 10.1. The van der Waals surface area contributed by atoms with Crippen LogP contribution in [0.3, 0.4) is 0 Å². The normalized spacial score (nSPS) is 17.4. The van der Waals surface area contributed by atoms with Gasteiger partial charge in [0.05, 0.1) is 16.2 Å². The Labute approximate surface area is 214 Å². The van der Waals surface area contributed by atoms with Crippen molar-refractivity contribution < 1.29 is 19.1 Å². The van der Waals surface area contributed by atoms with Gasteiger partial charge in [-0.15, -0.1) is 0 Å². The van der Waals surface area contributed by atoms with E-state index in [0.717, 1.165) is 22.9 Å². The first-order chi connectivity index (χ1) is 16.8. The second kappa shape index (κ2) is 10.7. The van der Waals surface area contributed by atoms with Crippen molar-refractivity contribution >= 4 is 63.0 Å². The molecule has 3 amide bonds. The molecule has 0 unspecified atom stereocenters. The van der Waals surface area contributed by atoms with E-state index in [1.807, 2.05) is 51.1 Å². The SMILES string of the molecule is CCOCCCN1C(=O)C(=C2C(=O)N(CC(=O)Nc3ccc(C)c(C)c3)c3ccccc32)SC1=S. The van der Waals surface area contributed by atoms with Crippen LogP contribution in [0, 0.1) is 13.8 Å². The van der Waals surface area contributed by atoms with Crippen LogP contribution in [0.2, 0.25) is 0 Å². The van der Waals surface area contributed by atoms with Gasteiger partial charge in [-0.2, -0.15) is 0 Å². The second-order valence-electron chi connectivity index (χ2n) is 8.34. The largest absolute Gasteiger partial charge is 0.382 e. The van der Waals surface area contributed by atoms with Gasteiger partial charge in [0.25, 0.3) is 11.8 Å². The van der Waals surface area contributed by atoms with Crippen molar-refractivity contribution in [2.45, 2.75) is 27.2 Å². The number of carbonyl (C=O) groups is 3. The number of ether oxygens (including phenoxy) is 1. The third-order valence-corrected chi connectivity index (χ3v) is 7.41. The summed E-state index contributed by atoms with van der Waals surface area (Å²) in [6.45, 7) is 7.31. The van der Waals surface area contributed by atoms with E-state index in [1.165, 1.54) is 9.80 Å². The molecule has 2 aromatic rings. The second-order valence-corrected chi connectivity index (χ2v) is 9.98. The fourth-order valence-electron chi connectivity index (χ4n) is 4.03. The van der Waals surface area contributed by atoms with Gasteiger partial charge < -0.3 is 10.1 Å². The molecule has 2 heterocycles. The van der Waals surface area contributed by atoms with E-state index >= 15 is 0 Å². The predicted octanol–water partition coefficient (Wildman–Crippen LogP) is 4.29. The lowest BCUT2D eigenvalue weighted by Gasteiger charge is -2.17. The van der Waals surface area contributed by atoms with Gasteiger partial charge in [0.1, 0.15) is 10.9 Å². The summed E-state index contributed by atoms with van der Waals surface area (Å²) in [5, 5.41) is 2.87. The van der Waals surface area contributed by atoms with Crippen molar-refractivity contribution in [1.29, 1.82) is 0 Å². The molecule has 2 aliphatic heterocycles. The highest BCUT2D eigenvalue weighted by Gasteiger charge is 2.42. The van der Waals surface area contributed by atoms with Crippen molar-refractivity contribution in [2.24, 2.45) is 0 Å². The molecule has 0 bridgehead atoms. The van der Waals surface area contributed by atoms with Crippen LogP contribution in [0.5, 0.6) is 0 Å². The Morgan fingerprint density at radius 2 is 1.83 bits per heavy atom. The highest BCUT2D eigenvalue weighted by molar-refractivity contribution is 8.26. The Morgan fingerprint density at radius 3 is 2.57 bits per heavy atom. The number of benzene rings is 2. The summed E-state index contributed by atoms with van der Waals surface area (Å²) in [6, 6.07) is 12.9. The molecular formula is C26H27N3O4S2. The molecule has 182 valence electrons. The van der Waals surface area contributed by atoms with E-state index in [1.54, 1.807) is 12.1 Å². The monoisotopic (exact) mass is 509 g/mol. The Morgan fingerprint density at radius 1 is 1.06 bits per heavy atom. The summed E-state index contributed by atoms with van der Waals surface area (Å²) in [5.41, 5.74) is 4.40. The van der Waals surface area contributed by atoms with Gasteiger partial charge in [0.2, 0.25) is 5.91 Å². The van der Waals surface area contributed by atoms with E-state index in [0.29, 0.717) is 57.9 Å². The Kier molecular flexibility index (Phi) is 7.69. The Hall–Kier alpha value is -3.01. The molecular weight excluding hydrogens is 482 g/mol. The van der Waals surface area contributed by atoms with Crippen molar-refractivity contribution in [2.75, 3.05) is 36.5 Å². The standard InChI is InChI=1S/C26H27N3O4S2/c1-4-33-13-7-12-28-25(32)23(35-26(28)34)22-19-8-5-6-9-20(19)29(24(22)31)15-21(30)27-18-11-10-16(2)17(3)14-18/h5-6,8-11,14H,4,7,12-13,15H2,1-3H3,(H,27,30). The Balaban J connectivity index is 1.57. The molecule has 2 aliphatic rings. The number of amides is 3. The van der Waals surface area contributed by atoms with Crippen molar-refractivity contribution in [3.05, 3.63) is 64.1 Å². The van der Waals surface area contributed by atoms with Gasteiger partial charge in [0, 0.05) is 31.0 Å². The molecule has 0 aliphatic carbocycles. The third kappa shape index (κ3) is 5.17. The summed E-state index contributed by atoms with van der Waals surface area (Å²) in [4.78, 5) is 42.9. The number of nitrogens with zero attached hydrogens (tertiary/aromatic N) is 2. The molecule has 0 spiro atoms. The van der Waals surface area contributed by atoms with Crippen molar-refractivity contribution in [3.8, 4) is 0 Å². The fourth-order valence-corrected chi connectivity index (χ4v) is 5.41. The van der Waals surface area contributed by atoms with Gasteiger partial charge in [-0.1, -0.05) is 48.2 Å². The molecule has 1 saturated heterocycles. The molecule has 0 radical (unpaired) electrons. The van der Waals surface area contributed by atoms with Crippen LogP contribution in [0.15, 0.2) is 47.4 Å². The van der Waals surface area contributed by atoms with Gasteiger partial charge in [-0.25, -0.2) is 0 Å². The molecule has 0 atom stereocenters. The number of thioether (sulfide) groups is 1. The predicted molar refractivity (Wildman–Crippen MR) is 143 cm³/mol. The molecule has 1 fully saturated rings. The maximum atomic E-state index is 13.5. The molecule has 1 N–H and O–H groups in total. The van der Waals surface area contributed by atoms with Crippen LogP contribution in [0.1, 0.15) is 30.0 Å². The first kappa shape index (κ1) is 25.1. The number of anilines is 2. The van der Waals surface area contributed by atoms with Crippen LogP contribution < -0.4 is 10.2 Å². The maximum absolute atomic E-state index is 13.5. The number of hydrogen-bond acceptors (Lipinski definition) is 6. The van der Waals surface area contributed by atoms with Gasteiger partial charge in [0.15, 0.2) is 0 Å². The highest BCUT2D eigenvalue weighted by atomic mass is 32.2. The minimum atomic E-state index is -0.378. The summed E-state index contributed by atoms with van der Waals surface area (Å²) in [5.74, 6) is -0.978. The maximum Gasteiger partial charge on any atom is 0.267 e. The number of para-hydroxylation sites is 1. The van der Waals surface area contributed by atoms with Crippen LogP contribution >= 0.6 is 24.0 Å². The zero-order valence-corrected chi connectivity index (χ0v) is 21.6. The highest BCUT2D eigenvalue weighted by Crippen LogP contribution is 2.44. The summed E-state index contributed by atoms with van der Waals surface area (Å²) < 4.78 is 5.78. The third-order valence-electron chi connectivity index (χ3n) is 5.97. The van der Waals surface area contributed by atoms with E-state index in [9.17, 15) is 14.4 Å². The molecule has 35 heavy (non-hydrogen) atoms. The van der Waals surface area contributed by atoms with E-state index in [4.69, 9.17) is 17.0 Å². The molecule has 4 rings (SSSR count). The molecule has 9 heteroatoms. The number of thiocarbonyl (C=S) groups is 1. The number of nitrogens with one attached hydrogen (secondary N) is 1. The van der Waals surface area contributed by atoms with E-state index in [-0.39, 0.29) is 24.3 Å². The number of aryl methyl sites for hydroxylation is 2. The zero-order valence-electron chi connectivity index (χ0n) is 19.9. The first-order valence-corrected chi connectivity index (χ1v) is 12.7. The minimum absolute atomic E-state index is 0.166. The first-order valence-electron chi connectivity index (χ1n) is 11.5. The van der Waals surface area contributed by atoms with Gasteiger partial charge >= 0.3 is 0 Å². The number of hydrogen-bond donors (Lipinski definition) is 1. The quantitative estimate of drug-likeness (QED) is 0.325. The number of rotatable bonds is 8. The summed E-state index contributed by atoms with van der Waals surface area (Å²) in [7, 11) is 0. The van der Waals surface area contributed by atoms with Crippen LogP contribution in [0.4, 0.5) is 11.4 Å². The van der Waals surface area contributed by atoms with Crippen molar-refractivity contribution in [3.63, 3.8) is 0 Å². The molecule has 0 saturated carbocycles. The smallest absolute Gasteiger partial charge is 0.267 e. The van der Waals surface area contributed by atoms with E-state index < -0.39 is 0 Å². The lowest BCUT2D eigenvalue weighted by molar-refractivity contribution is -0.122. The fraction of sp³-hybridized carbons (Fsp3) is 0.308. The number of carbonyl (C=O) groups excluding carboxylic acids is 3. The van der Waals surface area contributed by atoms with Gasteiger partial charge in [-0.3, -0.25) is 24.2 Å². The van der Waals surface area contributed by atoms with E-state index in [2.05, 4.69) is 5.32 Å². The molecule has 2 aromatic carbocycles. The zero-order chi connectivity index (χ0) is 25.1. The topological polar surface area (TPSA) is 79.0 Å². The van der Waals surface area contributed by atoms with Crippen LogP contribution in [-0.2, 0) is 19.1 Å². The lowest BCUT2D eigenvalue weighted by Crippen LogP contribution is -2.35.